The summed E-state index contributed by atoms with van der Waals surface area (Å²) in [5.41, 5.74) is 1.79. The van der Waals surface area contributed by atoms with Gasteiger partial charge in [0.05, 0.1) is 7.11 Å². The van der Waals surface area contributed by atoms with Crippen molar-refractivity contribution in [3.63, 3.8) is 0 Å². The number of hydrogen-bond acceptors (Lipinski definition) is 3. The van der Waals surface area contributed by atoms with Gasteiger partial charge in [-0.05, 0) is 54.6 Å². The Morgan fingerprint density at radius 1 is 1.00 bits per heavy atom. The molecule has 0 saturated heterocycles. The summed E-state index contributed by atoms with van der Waals surface area (Å²) >= 11 is 0. The van der Waals surface area contributed by atoms with E-state index in [9.17, 15) is 4.79 Å². The molecule has 0 saturated carbocycles. The second kappa shape index (κ2) is 7.70. The Morgan fingerprint density at radius 2 is 1.50 bits per heavy atom. The summed E-state index contributed by atoms with van der Waals surface area (Å²) < 4.78 is 10.4. The van der Waals surface area contributed by atoms with E-state index in [4.69, 9.17) is 9.47 Å². The fourth-order valence-corrected chi connectivity index (χ4v) is 1.67. The fourth-order valence-electron chi connectivity index (χ4n) is 1.67. The lowest BCUT2D eigenvalue weighted by atomic mass is 10.2. The van der Waals surface area contributed by atoms with Crippen molar-refractivity contribution in [2.24, 2.45) is 0 Å². The maximum atomic E-state index is 11.1. The molecule has 2 aromatic rings. The van der Waals surface area contributed by atoms with E-state index in [0.29, 0.717) is 5.75 Å². The van der Waals surface area contributed by atoms with Crippen LogP contribution in [0.15, 0.2) is 61.2 Å². The van der Waals surface area contributed by atoms with Gasteiger partial charge in [-0.2, -0.15) is 0 Å². The Balaban J connectivity index is 2.00. The predicted octanol–water partition coefficient (Wildman–Crippen LogP) is 3.23. The third-order valence-electron chi connectivity index (χ3n) is 2.90. The monoisotopic (exact) mass is 292 g/mol. The molecule has 0 spiro atoms. The quantitative estimate of drug-likeness (QED) is 0.627. The minimum Gasteiger partial charge on any atom is -0.497 e. The molecule has 110 valence electrons. The number of benzene rings is 2. The van der Waals surface area contributed by atoms with Crippen molar-refractivity contribution in [1.29, 1.82) is 0 Å². The first-order valence-electron chi connectivity index (χ1n) is 6.75. The highest BCUT2D eigenvalue weighted by Crippen LogP contribution is 2.13. The molecule has 2 rings (SSSR count). The van der Waals surface area contributed by atoms with E-state index in [2.05, 4.69) is 18.4 Å². The molecule has 0 radical (unpaired) electrons. The first-order chi connectivity index (χ1) is 10.7. The number of methoxy groups -OCH3 is 1. The second-order valence-corrected chi connectivity index (χ2v) is 4.46. The molecule has 0 atom stereocenters. The SMILES string of the molecule is C=CC(=O)COc1ccc(C#Cc2ccc(OC)cc2)cc1. The van der Waals surface area contributed by atoms with Crippen LogP contribution in [0.1, 0.15) is 11.1 Å². The van der Waals surface area contributed by atoms with Crippen molar-refractivity contribution >= 4 is 5.78 Å². The van der Waals surface area contributed by atoms with Crippen LogP contribution in [0.5, 0.6) is 11.5 Å². The van der Waals surface area contributed by atoms with Gasteiger partial charge in [0.25, 0.3) is 0 Å². The molecule has 3 nitrogen and oxygen atoms in total. The van der Waals surface area contributed by atoms with Crippen LogP contribution in [0, 0.1) is 11.8 Å². The lowest BCUT2D eigenvalue weighted by Gasteiger charge is -2.03. The van der Waals surface area contributed by atoms with Gasteiger partial charge in [0.2, 0.25) is 0 Å². The molecule has 0 aliphatic rings. The zero-order chi connectivity index (χ0) is 15.8. The van der Waals surface area contributed by atoms with E-state index in [-0.39, 0.29) is 12.4 Å². The standard InChI is InChI=1S/C19H16O3/c1-3-17(20)14-22-19-12-8-16(9-13-19)5-4-15-6-10-18(21-2)11-7-15/h3,6-13H,1,14H2,2H3. The van der Waals surface area contributed by atoms with Crippen LogP contribution in [0.2, 0.25) is 0 Å². The summed E-state index contributed by atoms with van der Waals surface area (Å²) in [5.74, 6) is 7.44. The lowest BCUT2D eigenvalue weighted by molar-refractivity contribution is -0.116. The Morgan fingerprint density at radius 3 is 1.95 bits per heavy atom. The van der Waals surface area contributed by atoms with Gasteiger partial charge in [0.15, 0.2) is 12.4 Å². The molecule has 0 unspecified atom stereocenters. The average molecular weight is 292 g/mol. The fraction of sp³-hybridized carbons (Fsp3) is 0.105. The zero-order valence-corrected chi connectivity index (χ0v) is 12.3. The summed E-state index contributed by atoms with van der Waals surface area (Å²) in [7, 11) is 1.63. The van der Waals surface area contributed by atoms with E-state index < -0.39 is 0 Å². The normalized spacial score (nSPS) is 9.32. The van der Waals surface area contributed by atoms with Gasteiger partial charge < -0.3 is 9.47 Å². The van der Waals surface area contributed by atoms with Gasteiger partial charge in [0, 0.05) is 11.1 Å². The van der Waals surface area contributed by atoms with E-state index >= 15 is 0 Å². The van der Waals surface area contributed by atoms with Gasteiger partial charge in [-0.1, -0.05) is 18.4 Å². The molecule has 3 heteroatoms. The highest BCUT2D eigenvalue weighted by molar-refractivity contribution is 5.90. The highest BCUT2D eigenvalue weighted by atomic mass is 16.5. The topological polar surface area (TPSA) is 35.5 Å². The summed E-state index contributed by atoms with van der Waals surface area (Å²) in [4.78, 5) is 11.1. The first kappa shape index (κ1) is 15.4. The molecule has 0 heterocycles. The molecule has 0 aromatic heterocycles. The number of ketones is 1. The first-order valence-corrected chi connectivity index (χ1v) is 6.75. The largest absolute Gasteiger partial charge is 0.497 e. The zero-order valence-electron chi connectivity index (χ0n) is 12.3. The molecule has 0 N–H and O–H groups in total. The van der Waals surface area contributed by atoms with E-state index in [1.807, 2.05) is 36.4 Å². The molecule has 22 heavy (non-hydrogen) atoms. The third-order valence-corrected chi connectivity index (χ3v) is 2.90. The van der Waals surface area contributed by atoms with Crippen molar-refractivity contribution < 1.29 is 14.3 Å². The maximum absolute atomic E-state index is 11.1. The molecular formula is C19H16O3. The van der Waals surface area contributed by atoms with Gasteiger partial charge in [0.1, 0.15) is 11.5 Å². The smallest absolute Gasteiger partial charge is 0.192 e. The van der Waals surface area contributed by atoms with Crippen molar-refractivity contribution in [3.8, 4) is 23.3 Å². The van der Waals surface area contributed by atoms with Crippen molar-refractivity contribution in [2.45, 2.75) is 0 Å². The molecule has 0 aliphatic heterocycles. The second-order valence-electron chi connectivity index (χ2n) is 4.46. The van der Waals surface area contributed by atoms with Gasteiger partial charge in [-0.25, -0.2) is 0 Å². The number of carbonyl (C=O) groups is 1. The van der Waals surface area contributed by atoms with Gasteiger partial charge in [-0.3, -0.25) is 4.79 Å². The molecular weight excluding hydrogens is 276 g/mol. The summed E-state index contributed by atoms with van der Waals surface area (Å²) in [5, 5.41) is 0. The molecule has 0 amide bonds. The number of carbonyl (C=O) groups excluding carboxylic acids is 1. The summed E-state index contributed by atoms with van der Waals surface area (Å²) in [6.45, 7) is 3.40. The maximum Gasteiger partial charge on any atom is 0.192 e. The summed E-state index contributed by atoms with van der Waals surface area (Å²) in [6, 6.07) is 14.8. The Hall–Kier alpha value is -2.99. The lowest BCUT2D eigenvalue weighted by Crippen LogP contribution is -2.07. The van der Waals surface area contributed by atoms with E-state index in [1.54, 1.807) is 19.2 Å². The third kappa shape index (κ3) is 4.53. The average Bonchev–Trinajstić information content (AvgIpc) is 2.59. The number of ether oxygens (including phenoxy) is 2. The Bertz CT molecular complexity index is 701. The molecule has 0 bridgehead atoms. The van der Waals surface area contributed by atoms with Gasteiger partial charge in [-0.15, -0.1) is 0 Å². The minimum atomic E-state index is -0.150. The minimum absolute atomic E-state index is 0.000371. The number of hydrogen-bond donors (Lipinski definition) is 0. The molecule has 0 fully saturated rings. The van der Waals surface area contributed by atoms with Crippen LogP contribution in [0.4, 0.5) is 0 Å². The van der Waals surface area contributed by atoms with E-state index in [1.165, 1.54) is 6.08 Å². The van der Waals surface area contributed by atoms with Crippen molar-refractivity contribution in [2.75, 3.05) is 13.7 Å². The van der Waals surface area contributed by atoms with Crippen LogP contribution in [0.25, 0.3) is 0 Å². The Labute approximate surface area is 130 Å². The van der Waals surface area contributed by atoms with Crippen molar-refractivity contribution in [3.05, 3.63) is 72.3 Å². The van der Waals surface area contributed by atoms with Crippen LogP contribution >= 0.6 is 0 Å². The van der Waals surface area contributed by atoms with Crippen LogP contribution in [0.3, 0.4) is 0 Å². The van der Waals surface area contributed by atoms with Gasteiger partial charge >= 0.3 is 0 Å². The Kier molecular flexibility index (Phi) is 5.39. The summed E-state index contributed by atoms with van der Waals surface area (Å²) in [6.07, 6.45) is 1.24. The van der Waals surface area contributed by atoms with E-state index in [0.717, 1.165) is 16.9 Å². The molecule has 2 aromatic carbocycles. The molecule has 0 aliphatic carbocycles. The van der Waals surface area contributed by atoms with Crippen LogP contribution in [-0.4, -0.2) is 19.5 Å². The highest BCUT2D eigenvalue weighted by Gasteiger charge is 1.98. The number of rotatable bonds is 5. The predicted molar refractivity (Wildman–Crippen MR) is 86.1 cm³/mol. The van der Waals surface area contributed by atoms with Crippen LogP contribution < -0.4 is 9.47 Å². The van der Waals surface area contributed by atoms with Crippen molar-refractivity contribution in [1.82, 2.24) is 0 Å². The van der Waals surface area contributed by atoms with Crippen LogP contribution in [-0.2, 0) is 4.79 Å².